The minimum Gasteiger partial charge on any atom is -0.494 e. The molecule has 0 bridgehead atoms. The molecule has 1 fully saturated rings. The molecule has 1 saturated heterocycles. The lowest BCUT2D eigenvalue weighted by Crippen LogP contribution is -2.47. The molecule has 1 aromatic carbocycles. The molecule has 156 valence electrons. The van der Waals surface area contributed by atoms with Gasteiger partial charge in [0.1, 0.15) is 5.75 Å². The van der Waals surface area contributed by atoms with E-state index in [2.05, 4.69) is 46.0 Å². The van der Waals surface area contributed by atoms with Crippen molar-refractivity contribution < 1.29 is 4.74 Å². The Balaban J connectivity index is 1.39. The summed E-state index contributed by atoms with van der Waals surface area (Å²) < 4.78 is 5.79. The number of rotatable bonds is 7. The third kappa shape index (κ3) is 4.87. The summed E-state index contributed by atoms with van der Waals surface area (Å²) in [5.41, 5.74) is 3.74. The van der Waals surface area contributed by atoms with Gasteiger partial charge >= 0.3 is 0 Å². The van der Waals surface area contributed by atoms with Gasteiger partial charge in [-0.25, -0.2) is 9.97 Å². The molecule has 4 rings (SSSR count). The summed E-state index contributed by atoms with van der Waals surface area (Å²) in [5.74, 6) is 1.91. The van der Waals surface area contributed by atoms with Crippen LogP contribution in [-0.2, 0) is 19.5 Å². The number of benzene rings is 1. The first-order valence-electron chi connectivity index (χ1n) is 11.0. The SMILES string of the molecule is CCCN1CCN(c2ncc3c(n2)CCN(Cc2ccccc2OCC)C3)CC1. The first-order chi connectivity index (χ1) is 14.3. The minimum atomic E-state index is 0.698. The van der Waals surface area contributed by atoms with Crippen LogP contribution in [0.4, 0.5) is 5.95 Å². The summed E-state index contributed by atoms with van der Waals surface area (Å²) >= 11 is 0. The van der Waals surface area contributed by atoms with Gasteiger partial charge in [-0.2, -0.15) is 0 Å². The number of fused-ring (bicyclic) bond motifs is 1. The van der Waals surface area contributed by atoms with Gasteiger partial charge < -0.3 is 9.64 Å². The fourth-order valence-electron chi connectivity index (χ4n) is 4.31. The molecule has 0 radical (unpaired) electrons. The molecular weight excluding hydrogens is 362 g/mol. The first kappa shape index (κ1) is 20.1. The molecule has 0 aliphatic carbocycles. The molecule has 0 saturated carbocycles. The molecule has 0 spiro atoms. The highest BCUT2D eigenvalue weighted by Crippen LogP contribution is 2.25. The summed E-state index contributed by atoms with van der Waals surface area (Å²) in [4.78, 5) is 17.0. The van der Waals surface area contributed by atoms with Crippen LogP contribution in [0.25, 0.3) is 0 Å². The molecule has 2 aliphatic heterocycles. The Morgan fingerprint density at radius 3 is 2.62 bits per heavy atom. The van der Waals surface area contributed by atoms with Crippen LogP contribution in [0, 0.1) is 0 Å². The molecule has 2 aliphatic rings. The van der Waals surface area contributed by atoms with Crippen LogP contribution in [0.5, 0.6) is 5.75 Å². The monoisotopic (exact) mass is 395 g/mol. The van der Waals surface area contributed by atoms with E-state index < -0.39 is 0 Å². The first-order valence-corrected chi connectivity index (χ1v) is 11.0. The lowest BCUT2D eigenvalue weighted by atomic mass is 10.1. The fraction of sp³-hybridized carbons (Fsp3) is 0.565. The predicted molar refractivity (Wildman–Crippen MR) is 116 cm³/mol. The zero-order chi connectivity index (χ0) is 20.1. The number of aromatic nitrogens is 2. The maximum Gasteiger partial charge on any atom is 0.225 e. The van der Waals surface area contributed by atoms with Gasteiger partial charge in [0, 0.05) is 69.6 Å². The maximum atomic E-state index is 5.79. The van der Waals surface area contributed by atoms with E-state index in [-0.39, 0.29) is 0 Å². The third-order valence-corrected chi connectivity index (χ3v) is 5.86. The second-order valence-corrected chi connectivity index (χ2v) is 7.97. The smallest absolute Gasteiger partial charge is 0.225 e. The number of piperazine rings is 1. The van der Waals surface area contributed by atoms with Crippen molar-refractivity contribution in [3.8, 4) is 5.75 Å². The highest BCUT2D eigenvalue weighted by Gasteiger charge is 2.23. The van der Waals surface area contributed by atoms with E-state index in [1.807, 2.05) is 13.0 Å². The van der Waals surface area contributed by atoms with Crippen LogP contribution in [0.2, 0.25) is 0 Å². The fourth-order valence-corrected chi connectivity index (χ4v) is 4.31. The number of ether oxygens (including phenoxy) is 1. The summed E-state index contributed by atoms with van der Waals surface area (Å²) in [6, 6.07) is 8.35. The van der Waals surface area contributed by atoms with Crippen LogP contribution >= 0.6 is 0 Å². The number of hydrogen-bond donors (Lipinski definition) is 0. The number of para-hydroxylation sites is 1. The van der Waals surface area contributed by atoms with Crippen molar-refractivity contribution in [2.75, 3.05) is 50.8 Å². The second-order valence-electron chi connectivity index (χ2n) is 7.97. The second kappa shape index (κ2) is 9.55. The Morgan fingerprint density at radius 1 is 1.00 bits per heavy atom. The summed E-state index contributed by atoms with van der Waals surface area (Å²) in [7, 11) is 0. The summed E-state index contributed by atoms with van der Waals surface area (Å²) in [6.07, 6.45) is 4.26. The van der Waals surface area contributed by atoms with Crippen LogP contribution in [0.1, 0.15) is 37.1 Å². The van der Waals surface area contributed by atoms with Crippen molar-refractivity contribution in [3.05, 3.63) is 47.3 Å². The van der Waals surface area contributed by atoms with Crippen molar-refractivity contribution >= 4 is 5.95 Å². The van der Waals surface area contributed by atoms with Gasteiger partial charge in [0.15, 0.2) is 0 Å². The number of anilines is 1. The van der Waals surface area contributed by atoms with Gasteiger partial charge in [0.2, 0.25) is 5.95 Å². The highest BCUT2D eigenvalue weighted by atomic mass is 16.5. The van der Waals surface area contributed by atoms with Crippen LogP contribution in [0.3, 0.4) is 0 Å². The van der Waals surface area contributed by atoms with Crippen LogP contribution < -0.4 is 9.64 Å². The van der Waals surface area contributed by atoms with E-state index in [1.165, 1.54) is 29.8 Å². The van der Waals surface area contributed by atoms with Crippen molar-refractivity contribution in [3.63, 3.8) is 0 Å². The Kier molecular flexibility index (Phi) is 6.62. The Bertz CT molecular complexity index is 804. The van der Waals surface area contributed by atoms with E-state index >= 15 is 0 Å². The van der Waals surface area contributed by atoms with Gasteiger partial charge in [-0.3, -0.25) is 9.80 Å². The summed E-state index contributed by atoms with van der Waals surface area (Å²) in [5, 5.41) is 0. The zero-order valence-electron chi connectivity index (χ0n) is 17.8. The average Bonchev–Trinajstić information content (AvgIpc) is 2.76. The highest BCUT2D eigenvalue weighted by molar-refractivity contribution is 5.36. The van der Waals surface area contributed by atoms with Crippen LogP contribution in [-0.4, -0.2) is 65.6 Å². The van der Waals surface area contributed by atoms with Gasteiger partial charge in [0.25, 0.3) is 0 Å². The predicted octanol–water partition coefficient (Wildman–Crippen LogP) is 2.97. The van der Waals surface area contributed by atoms with Crippen molar-refractivity contribution in [1.29, 1.82) is 0 Å². The average molecular weight is 396 g/mol. The molecule has 0 unspecified atom stereocenters. The lowest BCUT2D eigenvalue weighted by Gasteiger charge is -2.35. The quantitative estimate of drug-likeness (QED) is 0.718. The Morgan fingerprint density at radius 2 is 1.83 bits per heavy atom. The van der Waals surface area contributed by atoms with E-state index in [0.717, 1.165) is 63.9 Å². The van der Waals surface area contributed by atoms with Gasteiger partial charge in [-0.15, -0.1) is 0 Å². The third-order valence-electron chi connectivity index (χ3n) is 5.86. The van der Waals surface area contributed by atoms with Gasteiger partial charge in [0.05, 0.1) is 12.3 Å². The zero-order valence-corrected chi connectivity index (χ0v) is 17.8. The molecular formula is C23H33N5O. The molecule has 6 heteroatoms. The maximum absolute atomic E-state index is 5.79. The Hall–Kier alpha value is -2.18. The number of nitrogens with zero attached hydrogens (tertiary/aromatic N) is 5. The summed E-state index contributed by atoms with van der Waals surface area (Å²) in [6.45, 7) is 13.3. The van der Waals surface area contributed by atoms with E-state index in [0.29, 0.717) is 6.61 Å². The normalized spacial score (nSPS) is 17.9. The molecule has 29 heavy (non-hydrogen) atoms. The minimum absolute atomic E-state index is 0.698. The van der Waals surface area contributed by atoms with Gasteiger partial charge in [-0.05, 0) is 26.0 Å². The topological polar surface area (TPSA) is 44.7 Å². The van der Waals surface area contributed by atoms with Gasteiger partial charge in [-0.1, -0.05) is 25.1 Å². The Labute approximate surface area is 174 Å². The molecule has 0 amide bonds. The molecule has 6 nitrogen and oxygen atoms in total. The van der Waals surface area contributed by atoms with Crippen molar-refractivity contribution in [1.82, 2.24) is 19.8 Å². The van der Waals surface area contributed by atoms with Crippen LogP contribution in [0.15, 0.2) is 30.5 Å². The lowest BCUT2D eigenvalue weighted by molar-refractivity contribution is 0.236. The van der Waals surface area contributed by atoms with E-state index in [9.17, 15) is 0 Å². The standard InChI is InChI=1S/C23H33N5O/c1-3-10-26-12-14-28(15-13-26)23-24-16-20-18-27(11-9-21(20)25-23)17-19-7-5-6-8-22(19)29-4-2/h5-8,16H,3-4,9-15,17-18H2,1-2H3. The molecule has 1 aromatic heterocycles. The molecule has 2 aromatic rings. The molecule has 0 N–H and O–H groups in total. The number of hydrogen-bond acceptors (Lipinski definition) is 6. The van der Waals surface area contributed by atoms with E-state index in [4.69, 9.17) is 14.7 Å². The van der Waals surface area contributed by atoms with E-state index in [1.54, 1.807) is 0 Å². The van der Waals surface area contributed by atoms with Crippen molar-refractivity contribution in [2.45, 2.75) is 39.8 Å². The molecule has 3 heterocycles. The van der Waals surface area contributed by atoms with Crippen molar-refractivity contribution in [2.24, 2.45) is 0 Å². The largest absolute Gasteiger partial charge is 0.494 e. The molecule has 0 atom stereocenters.